The van der Waals surface area contributed by atoms with Gasteiger partial charge >= 0.3 is 0 Å². The molecule has 15 heavy (non-hydrogen) atoms. The first-order chi connectivity index (χ1) is 7.11. The van der Waals surface area contributed by atoms with E-state index in [-0.39, 0.29) is 5.82 Å². The van der Waals surface area contributed by atoms with Crippen LogP contribution in [0.15, 0.2) is 24.3 Å². The maximum Gasteiger partial charge on any atom is 0.126 e. The summed E-state index contributed by atoms with van der Waals surface area (Å²) in [6, 6.07) is 7.03. The van der Waals surface area contributed by atoms with Crippen molar-refractivity contribution in [2.24, 2.45) is 5.92 Å². The predicted octanol–water partition coefficient (Wildman–Crippen LogP) is 4.57. The largest absolute Gasteiger partial charge is 0.207 e. The van der Waals surface area contributed by atoms with Gasteiger partial charge in [0.1, 0.15) is 5.82 Å². The van der Waals surface area contributed by atoms with Gasteiger partial charge in [0, 0.05) is 4.83 Å². The second-order valence-corrected chi connectivity index (χ2v) is 5.42. The molecule has 0 N–H and O–H groups in total. The Morgan fingerprint density at radius 1 is 1.27 bits per heavy atom. The minimum absolute atomic E-state index is 0.0758. The van der Waals surface area contributed by atoms with Crippen LogP contribution in [0.4, 0.5) is 4.39 Å². The third-order valence-corrected chi connectivity index (χ3v) is 4.12. The Bertz CT molecular complexity index is 296. The van der Waals surface area contributed by atoms with Gasteiger partial charge in [-0.3, -0.25) is 0 Å². The van der Waals surface area contributed by atoms with E-state index in [2.05, 4.69) is 29.8 Å². The number of rotatable bonds is 5. The van der Waals surface area contributed by atoms with Crippen molar-refractivity contribution in [3.8, 4) is 0 Å². The van der Waals surface area contributed by atoms with Crippen LogP contribution < -0.4 is 0 Å². The molecule has 0 nitrogen and oxygen atoms in total. The van der Waals surface area contributed by atoms with E-state index in [4.69, 9.17) is 0 Å². The van der Waals surface area contributed by atoms with Crippen LogP contribution in [0.2, 0.25) is 0 Å². The summed E-state index contributed by atoms with van der Waals surface area (Å²) in [5.74, 6) is 0.568. The zero-order valence-corrected chi connectivity index (χ0v) is 10.9. The Morgan fingerprint density at radius 3 is 2.53 bits per heavy atom. The van der Waals surface area contributed by atoms with Gasteiger partial charge in [-0.2, -0.15) is 0 Å². The second kappa shape index (κ2) is 6.26. The molecule has 1 aromatic rings. The molecule has 1 atom stereocenters. The topological polar surface area (TPSA) is 0 Å². The van der Waals surface area contributed by atoms with Crippen LogP contribution in [-0.4, -0.2) is 4.83 Å². The molecule has 84 valence electrons. The summed E-state index contributed by atoms with van der Waals surface area (Å²) < 4.78 is 13.3. The summed E-state index contributed by atoms with van der Waals surface area (Å²) in [6.45, 7) is 4.39. The van der Waals surface area contributed by atoms with Crippen LogP contribution in [0.25, 0.3) is 0 Å². The highest BCUT2D eigenvalue weighted by molar-refractivity contribution is 9.09. The normalized spacial score (nSPS) is 13.1. The minimum atomic E-state index is -0.0758. The fraction of sp³-hybridized carbons (Fsp3) is 0.538. The average Bonchev–Trinajstić information content (AvgIpc) is 2.20. The molecule has 0 aliphatic carbocycles. The Hall–Kier alpha value is -0.370. The molecule has 1 rings (SSSR count). The Balaban J connectivity index is 2.35. The summed E-state index contributed by atoms with van der Waals surface area (Å²) in [5, 5.41) is 0. The van der Waals surface area contributed by atoms with Gasteiger partial charge in [-0.1, -0.05) is 48.0 Å². The zero-order chi connectivity index (χ0) is 11.3. The SMILES string of the molecule is CC(C)C(Br)CCCc1ccccc1F. The number of hydrogen-bond acceptors (Lipinski definition) is 0. The molecule has 0 spiro atoms. The number of alkyl halides is 1. The maximum absolute atomic E-state index is 13.3. The predicted molar refractivity (Wildman–Crippen MR) is 66.9 cm³/mol. The van der Waals surface area contributed by atoms with Crippen LogP contribution in [-0.2, 0) is 6.42 Å². The van der Waals surface area contributed by atoms with E-state index >= 15 is 0 Å². The van der Waals surface area contributed by atoms with E-state index < -0.39 is 0 Å². The standard InChI is InChI=1S/C13H18BrF/c1-10(2)12(14)8-5-7-11-6-3-4-9-13(11)15/h3-4,6,9-10,12H,5,7-8H2,1-2H3. The number of benzene rings is 1. The van der Waals surface area contributed by atoms with Crippen molar-refractivity contribution < 1.29 is 4.39 Å². The molecule has 0 radical (unpaired) electrons. The van der Waals surface area contributed by atoms with E-state index in [1.54, 1.807) is 6.07 Å². The van der Waals surface area contributed by atoms with Gasteiger partial charge in [-0.25, -0.2) is 4.39 Å². The Labute approximate surface area is 100 Å². The van der Waals surface area contributed by atoms with Crippen LogP contribution in [0.5, 0.6) is 0 Å². The maximum atomic E-state index is 13.3. The van der Waals surface area contributed by atoms with E-state index in [1.807, 2.05) is 12.1 Å². The number of aryl methyl sites for hydroxylation is 1. The Kier molecular flexibility index (Phi) is 5.30. The lowest BCUT2D eigenvalue weighted by molar-refractivity contribution is 0.552. The highest BCUT2D eigenvalue weighted by Crippen LogP contribution is 2.19. The summed E-state index contributed by atoms with van der Waals surface area (Å²) in [4.78, 5) is 0.546. The summed E-state index contributed by atoms with van der Waals surface area (Å²) in [5.41, 5.74) is 0.834. The van der Waals surface area contributed by atoms with Crippen molar-refractivity contribution in [3.63, 3.8) is 0 Å². The minimum Gasteiger partial charge on any atom is -0.207 e. The monoisotopic (exact) mass is 272 g/mol. The molecule has 2 heteroatoms. The van der Waals surface area contributed by atoms with Gasteiger partial charge in [-0.15, -0.1) is 0 Å². The van der Waals surface area contributed by atoms with Crippen LogP contribution in [0, 0.1) is 11.7 Å². The number of hydrogen-bond donors (Lipinski definition) is 0. The van der Waals surface area contributed by atoms with Gasteiger partial charge in [-0.05, 0) is 36.8 Å². The van der Waals surface area contributed by atoms with Crippen molar-refractivity contribution >= 4 is 15.9 Å². The molecule has 0 aliphatic rings. The molecule has 0 saturated heterocycles. The van der Waals surface area contributed by atoms with Crippen LogP contribution in [0.1, 0.15) is 32.3 Å². The second-order valence-electron chi connectivity index (χ2n) is 4.24. The molecule has 0 saturated carbocycles. The van der Waals surface area contributed by atoms with Gasteiger partial charge in [0.05, 0.1) is 0 Å². The molecule has 0 bridgehead atoms. The average molecular weight is 273 g/mol. The van der Waals surface area contributed by atoms with Gasteiger partial charge < -0.3 is 0 Å². The lowest BCUT2D eigenvalue weighted by Gasteiger charge is -2.13. The first-order valence-electron chi connectivity index (χ1n) is 5.48. The molecule has 0 aliphatic heterocycles. The van der Waals surface area contributed by atoms with Gasteiger partial charge in [0.2, 0.25) is 0 Å². The molecule has 0 heterocycles. The van der Waals surface area contributed by atoms with Crippen molar-refractivity contribution in [1.29, 1.82) is 0 Å². The van der Waals surface area contributed by atoms with Crippen LogP contribution >= 0.6 is 15.9 Å². The van der Waals surface area contributed by atoms with E-state index in [9.17, 15) is 4.39 Å². The van der Waals surface area contributed by atoms with Gasteiger partial charge in [0.25, 0.3) is 0 Å². The lowest BCUT2D eigenvalue weighted by atomic mass is 10.0. The molecule has 0 amide bonds. The summed E-state index contributed by atoms with van der Waals surface area (Å²) in [6.07, 6.45) is 2.97. The number of halogens is 2. The lowest BCUT2D eigenvalue weighted by Crippen LogP contribution is -2.07. The summed E-state index contributed by atoms with van der Waals surface area (Å²) >= 11 is 3.64. The quantitative estimate of drug-likeness (QED) is 0.689. The molecular weight excluding hydrogens is 255 g/mol. The van der Waals surface area contributed by atoms with E-state index in [0.717, 1.165) is 24.8 Å². The van der Waals surface area contributed by atoms with Crippen molar-refractivity contribution in [2.75, 3.05) is 0 Å². The Morgan fingerprint density at radius 2 is 1.93 bits per heavy atom. The van der Waals surface area contributed by atoms with Crippen molar-refractivity contribution in [2.45, 2.75) is 37.9 Å². The third kappa shape index (κ3) is 4.33. The fourth-order valence-electron chi connectivity index (χ4n) is 1.52. The first-order valence-corrected chi connectivity index (χ1v) is 6.40. The van der Waals surface area contributed by atoms with Crippen molar-refractivity contribution in [1.82, 2.24) is 0 Å². The van der Waals surface area contributed by atoms with Crippen molar-refractivity contribution in [3.05, 3.63) is 35.6 Å². The van der Waals surface area contributed by atoms with Gasteiger partial charge in [0.15, 0.2) is 0 Å². The van der Waals surface area contributed by atoms with Crippen LogP contribution in [0.3, 0.4) is 0 Å². The highest BCUT2D eigenvalue weighted by Gasteiger charge is 2.09. The fourth-order valence-corrected chi connectivity index (χ4v) is 1.85. The highest BCUT2D eigenvalue weighted by atomic mass is 79.9. The molecule has 1 unspecified atom stereocenters. The molecule has 0 aromatic heterocycles. The third-order valence-electron chi connectivity index (χ3n) is 2.61. The van der Waals surface area contributed by atoms with E-state index in [1.165, 1.54) is 6.07 Å². The smallest absolute Gasteiger partial charge is 0.126 e. The molecule has 0 fully saturated rings. The van der Waals surface area contributed by atoms with E-state index in [0.29, 0.717) is 10.7 Å². The first kappa shape index (κ1) is 12.7. The molecule has 1 aromatic carbocycles. The summed E-state index contributed by atoms with van der Waals surface area (Å²) in [7, 11) is 0. The molecular formula is C13H18BrF. The zero-order valence-electron chi connectivity index (χ0n) is 9.34.